The summed E-state index contributed by atoms with van der Waals surface area (Å²) in [6, 6.07) is 24.9. The highest BCUT2D eigenvalue weighted by Crippen LogP contribution is 2.23. The Bertz CT molecular complexity index is 1270. The van der Waals surface area contributed by atoms with E-state index in [2.05, 4.69) is 23.2 Å². The van der Waals surface area contributed by atoms with Gasteiger partial charge in [-0.15, -0.1) is 0 Å². The molecular weight excluding hydrogens is 466 g/mol. The average Bonchev–Trinajstić information content (AvgIpc) is 3.35. The number of likely N-dealkylation sites (N-methyl/N-ethyl adjacent to an activating group) is 1. The standard InChI is InChI=1S/C30H35N3O4/c1-33(2)19-25(37-30(34)29(31)27-18-23-9-4-6-10-26(23)32-27)20-36-28-11-7-5-8-22(28)15-12-21-13-16-24(35-3)17-14-21/h4-11,13-14,16-18,25,29,32H,12,15,19-20,31H2,1-3H3/t25?,29-/m1/s1. The first-order chi connectivity index (χ1) is 17.9. The van der Waals surface area contributed by atoms with Gasteiger partial charge in [0.05, 0.1) is 7.11 Å². The van der Waals surface area contributed by atoms with Gasteiger partial charge in [-0.3, -0.25) is 0 Å². The third kappa shape index (κ3) is 7.12. The number of benzene rings is 3. The fourth-order valence-corrected chi connectivity index (χ4v) is 4.26. The van der Waals surface area contributed by atoms with Crippen LogP contribution in [0.2, 0.25) is 0 Å². The van der Waals surface area contributed by atoms with E-state index in [0.717, 1.165) is 40.8 Å². The summed E-state index contributed by atoms with van der Waals surface area (Å²) in [5, 5.41) is 1.00. The third-order valence-electron chi connectivity index (χ3n) is 6.23. The van der Waals surface area contributed by atoms with Crippen LogP contribution >= 0.6 is 0 Å². The minimum atomic E-state index is -0.908. The summed E-state index contributed by atoms with van der Waals surface area (Å²) >= 11 is 0. The molecule has 1 heterocycles. The molecule has 7 nitrogen and oxygen atoms in total. The number of hydrogen-bond acceptors (Lipinski definition) is 6. The molecule has 0 fully saturated rings. The number of fused-ring (bicyclic) bond motifs is 1. The molecule has 1 unspecified atom stereocenters. The number of nitrogens with zero attached hydrogens (tertiary/aromatic N) is 1. The second-order valence-corrected chi connectivity index (χ2v) is 9.38. The first-order valence-electron chi connectivity index (χ1n) is 12.4. The number of aromatic amines is 1. The molecule has 3 N–H and O–H groups in total. The van der Waals surface area contributed by atoms with Crippen LogP contribution in [0.4, 0.5) is 0 Å². The Morgan fingerprint density at radius 1 is 0.973 bits per heavy atom. The second-order valence-electron chi connectivity index (χ2n) is 9.38. The molecule has 37 heavy (non-hydrogen) atoms. The zero-order valence-electron chi connectivity index (χ0n) is 21.6. The average molecular weight is 502 g/mol. The largest absolute Gasteiger partial charge is 0.497 e. The van der Waals surface area contributed by atoms with Gasteiger partial charge in [0, 0.05) is 17.8 Å². The van der Waals surface area contributed by atoms with Gasteiger partial charge in [0.2, 0.25) is 0 Å². The number of methoxy groups -OCH3 is 1. The minimum absolute atomic E-state index is 0.225. The summed E-state index contributed by atoms with van der Waals surface area (Å²) in [5.74, 6) is 1.14. The molecule has 4 aromatic rings. The van der Waals surface area contributed by atoms with E-state index in [1.165, 1.54) is 5.56 Å². The number of carbonyl (C=O) groups excluding carboxylic acids is 1. The van der Waals surface area contributed by atoms with Crippen LogP contribution in [0.1, 0.15) is 22.9 Å². The van der Waals surface area contributed by atoms with E-state index in [1.54, 1.807) is 7.11 Å². The highest BCUT2D eigenvalue weighted by atomic mass is 16.6. The van der Waals surface area contributed by atoms with E-state index in [0.29, 0.717) is 12.2 Å². The van der Waals surface area contributed by atoms with E-state index >= 15 is 0 Å². The van der Waals surface area contributed by atoms with Gasteiger partial charge in [-0.25, -0.2) is 4.79 Å². The van der Waals surface area contributed by atoms with Crippen LogP contribution in [0.5, 0.6) is 11.5 Å². The lowest BCUT2D eigenvalue weighted by Gasteiger charge is -2.23. The third-order valence-corrected chi connectivity index (χ3v) is 6.23. The zero-order chi connectivity index (χ0) is 26.2. The molecule has 0 saturated carbocycles. The van der Waals surface area contributed by atoms with Crippen molar-refractivity contribution in [2.75, 3.05) is 34.4 Å². The van der Waals surface area contributed by atoms with Crippen LogP contribution in [0.25, 0.3) is 10.9 Å². The van der Waals surface area contributed by atoms with E-state index in [-0.39, 0.29) is 6.61 Å². The number of carbonyl (C=O) groups is 1. The lowest BCUT2D eigenvalue weighted by Crippen LogP contribution is -2.38. The molecule has 194 valence electrons. The quantitative estimate of drug-likeness (QED) is 0.278. The highest BCUT2D eigenvalue weighted by molar-refractivity contribution is 5.84. The molecule has 7 heteroatoms. The van der Waals surface area contributed by atoms with Crippen LogP contribution in [0.3, 0.4) is 0 Å². The Kier molecular flexibility index (Phi) is 8.82. The fourth-order valence-electron chi connectivity index (χ4n) is 4.26. The summed E-state index contributed by atoms with van der Waals surface area (Å²) in [7, 11) is 5.53. The molecule has 0 aliphatic heterocycles. The molecule has 2 atom stereocenters. The van der Waals surface area contributed by atoms with E-state index < -0.39 is 18.1 Å². The Balaban J connectivity index is 1.38. The topological polar surface area (TPSA) is 89.8 Å². The Labute approximate surface area is 218 Å². The van der Waals surface area contributed by atoms with Crippen LogP contribution in [0.15, 0.2) is 78.9 Å². The van der Waals surface area contributed by atoms with Crippen LogP contribution in [0, 0.1) is 0 Å². The molecule has 0 aliphatic carbocycles. The monoisotopic (exact) mass is 501 g/mol. The molecule has 3 aromatic carbocycles. The van der Waals surface area contributed by atoms with Crippen molar-refractivity contribution in [2.45, 2.75) is 25.0 Å². The number of para-hydroxylation sites is 2. The van der Waals surface area contributed by atoms with Crippen LogP contribution in [-0.4, -0.2) is 56.3 Å². The van der Waals surface area contributed by atoms with Gasteiger partial charge in [-0.1, -0.05) is 48.5 Å². The molecule has 0 spiro atoms. The first kappa shape index (κ1) is 26.3. The fraction of sp³-hybridized carbons (Fsp3) is 0.300. The molecule has 0 radical (unpaired) electrons. The van der Waals surface area contributed by atoms with E-state index in [4.69, 9.17) is 19.9 Å². The van der Waals surface area contributed by atoms with Crippen LogP contribution in [-0.2, 0) is 22.4 Å². The number of rotatable bonds is 12. The number of aromatic nitrogens is 1. The van der Waals surface area contributed by atoms with Crippen molar-refractivity contribution in [1.82, 2.24) is 9.88 Å². The summed E-state index contributed by atoms with van der Waals surface area (Å²) in [4.78, 5) is 18.1. The number of H-pyrrole nitrogens is 1. The maximum atomic E-state index is 12.9. The number of nitrogens with two attached hydrogens (primary N) is 1. The summed E-state index contributed by atoms with van der Waals surface area (Å²) in [6.07, 6.45) is 1.22. The van der Waals surface area contributed by atoms with Crippen molar-refractivity contribution < 1.29 is 19.0 Å². The van der Waals surface area contributed by atoms with Gasteiger partial charge in [-0.2, -0.15) is 0 Å². The maximum absolute atomic E-state index is 12.9. The lowest BCUT2D eigenvalue weighted by atomic mass is 10.0. The SMILES string of the molecule is COc1ccc(CCc2ccccc2OCC(CN(C)C)OC(=O)[C@H](N)c2cc3ccccc3[nH]2)cc1. The van der Waals surface area contributed by atoms with Gasteiger partial charge in [0.1, 0.15) is 30.3 Å². The second kappa shape index (κ2) is 12.4. The number of nitrogens with one attached hydrogen (secondary N) is 1. The lowest BCUT2D eigenvalue weighted by molar-refractivity contribution is -0.153. The van der Waals surface area contributed by atoms with Crippen molar-refractivity contribution in [3.8, 4) is 11.5 Å². The normalized spacial score (nSPS) is 12.9. The molecule has 0 saturated heterocycles. The zero-order valence-corrected chi connectivity index (χ0v) is 21.6. The molecule has 0 amide bonds. The van der Waals surface area contributed by atoms with Crippen molar-refractivity contribution in [2.24, 2.45) is 5.73 Å². The van der Waals surface area contributed by atoms with Gasteiger partial charge < -0.3 is 29.8 Å². The maximum Gasteiger partial charge on any atom is 0.329 e. The summed E-state index contributed by atoms with van der Waals surface area (Å²) in [5.41, 5.74) is 10.1. The van der Waals surface area contributed by atoms with Gasteiger partial charge in [0.15, 0.2) is 0 Å². The number of aryl methyl sites for hydroxylation is 2. The molecule has 0 aliphatic rings. The van der Waals surface area contributed by atoms with Crippen molar-refractivity contribution in [3.63, 3.8) is 0 Å². The Hall–Kier alpha value is -3.81. The smallest absolute Gasteiger partial charge is 0.329 e. The number of hydrogen-bond donors (Lipinski definition) is 2. The van der Waals surface area contributed by atoms with E-state index in [1.807, 2.05) is 79.7 Å². The Morgan fingerprint density at radius 2 is 1.70 bits per heavy atom. The molecule has 1 aromatic heterocycles. The molecule has 0 bridgehead atoms. The van der Waals surface area contributed by atoms with Gasteiger partial charge in [-0.05, 0) is 73.8 Å². The van der Waals surface area contributed by atoms with Crippen LogP contribution < -0.4 is 15.2 Å². The summed E-state index contributed by atoms with van der Waals surface area (Å²) in [6.45, 7) is 0.738. The van der Waals surface area contributed by atoms with Crippen molar-refractivity contribution in [1.29, 1.82) is 0 Å². The van der Waals surface area contributed by atoms with Crippen molar-refractivity contribution >= 4 is 16.9 Å². The predicted octanol–water partition coefficient (Wildman–Crippen LogP) is 4.51. The molecular formula is C30H35N3O4. The van der Waals surface area contributed by atoms with E-state index in [9.17, 15) is 4.79 Å². The number of esters is 1. The highest BCUT2D eigenvalue weighted by Gasteiger charge is 2.24. The van der Waals surface area contributed by atoms with Gasteiger partial charge >= 0.3 is 5.97 Å². The predicted molar refractivity (Wildman–Crippen MR) is 146 cm³/mol. The van der Waals surface area contributed by atoms with Crippen molar-refractivity contribution in [3.05, 3.63) is 95.7 Å². The summed E-state index contributed by atoms with van der Waals surface area (Å²) < 4.78 is 17.3. The Morgan fingerprint density at radius 3 is 2.43 bits per heavy atom. The number of ether oxygens (including phenoxy) is 3. The van der Waals surface area contributed by atoms with Gasteiger partial charge in [0.25, 0.3) is 0 Å². The first-order valence-corrected chi connectivity index (χ1v) is 12.4. The molecule has 4 rings (SSSR count). The minimum Gasteiger partial charge on any atom is -0.497 e.